The molecule has 2 amide bonds. The van der Waals surface area contributed by atoms with Crippen molar-refractivity contribution in [2.24, 2.45) is 0 Å². The van der Waals surface area contributed by atoms with E-state index in [1.807, 2.05) is 0 Å². The number of benzene rings is 1. The number of urea groups is 1. The molecule has 5 nitrogen and oxygen atoms in total. The first-order valence-corrected chi connectivity index (χ1v) is 7.34. The zero-order valence-electron chi connectivity index (χ0n) is 12.6. The van der Waals surface area contributed by atoms with Gasteiger partial charge in [-0.15, -0.1) is 13.2 Å². The fourth-order valence-electron chi connectivity index (χ4n) is 2.60. The molecule has 0 spiro atoms. The number of hydrogen-bond acceptors (Lipinski definition) is 3. The first kappa shape index (κ1) is 17.4. The zero-order valence-corrected chi connectivity index (χ0v) is 12.6. The van der Waals surface area contributed by atoms with E-state index in [-0.39, 0.29) is 30.5 Å². The van der Waals surface area contributed by atoms with Crippen molar-refractivity contribution in [1.82, 2.24) is 10.2 Å². The van der Waals surface area contributed by atoms with Crippen molar-refractivity contribution in [2.75, 3.05) is 13.2 Å². The molecule has 1 fully saturated rings. The maximum atomic E-state index is 12.2. The van der Waals surface area contributed by atoms with E-state index in [1.54, 1.807) is 11.8 Å². The Morgan fingerprint density at radius 2 is 2.09 bits per heavy atom. The van der Waals surface area contributed by atoms with Gasteiger partial charge in [0.15, 0.2) is 0 Å². The summed E-state index contributed by atoms with van der Waals surface area (Å²) in [7, 11) is 0. The van der Waals surface area contributed by atoms with Crippen LogP contribution in [0.2, 0.25) is 0 Å². The lowest BCUT2D eigenvalue weighted by Crippen LogP contribution is -2.44. The van der Waals surface area contributed by atoms with Gasteiger partial charge in [0.05, 0.1) is 18.7 Å². The summed E-state index contributed by atoms with van der Waals surface area (Å²) < 4.78 is 40.1. The maximum absolute atomic E-state index is 12.2. The van der Waals surface area contributed by atoms with Crippen LogP contribution < -0.4 is 10.1 Å². The molecule has 2 rings (SSSR count). The summed E-state index contributed by atoms with van der Waals surface area (Å²) >= 11 is 0. The van der Waals surface area contributed by atoms with Crippen molar-refractivity contribution in [3.63, 3.8) is 0 Å². The standard InChI is InChI=1S/C15H19F3N2O3/c1-10(19-14(22)20-8-2-3-12(20)9-21)11-4-6-13(7-5-11)23-15(16,17)18/h4-7,10,12,21H,2-3,8-9H2,1H3,(H,19,22). The van der Waals surface area contributed by atoms with Crippen molar-refractivity contribution in [3.8, 4) is 5.75 Å². The predicted octanol–water partition coefficient (Wildman–Crippen LogP) is 2.81. The highest BCUT2D eigenvalue weighted by molar-refractivity contribution is 5.75. The molecule has 2 unspecified atom stereocenters. The Labute approximate surface area is 132 Å². The molecule has 8 heteroatoms. The fourth-order valence-corrected chi connectivity index (χ4v) is 2.60. The van der Waals surface area contributed by atoms with Crippen molar-refractivity contribution in [1.29, 1.82) is 0 Å². The van der Waals surface area contributed by atoms with E-state index >= 15 is 0 Å². The van der Waals surface area contributed by atoms with Crippen LogP contribution in [0, 0.1) is 0 Å². The highest BCUT2D eigenvalue weighted by atomic mass is 19.4. The third-order valence-corrected chi connectivity index (χ3v) is 3.80. The number of rotatable bonds is 4. The second kappa shape index (κ2) is 7.08. The van der Waals surface area contributed by atoms with E-state index < -0.39 is 6.36 Å². The lowest BCUT2D eigenvalue weighted by Gasteiger charge is -2.25. The van der Waals surface area contributed by atoms with Crippen LogP contribution in [0.15, 0.2) is 24.3 Å². The molecule has 0 bridgehead atoms. The molecular formula is C15H19F3N2O3. The maximum Gasteiger partial charge on any atom is 0.573 e. The summed E-state index contributed by atoms with van der Waals surface area (Å²) in [6.07, 6.45) is -3.12. The molecule has 0 aromatic heterocycles. The summed E-state index contributed by atoms with van der Waals surface area (Å²) in [5.41, 5.74) is 0.660. The van der Waals surface area contributed by atoms with Gasteiger partial charge < -0.3 is 20.1 Å². The SMILES string of the molecule is CC(NC(=O)N1CCCC1CO)c1ccc(OC(F)(F)F)cc1. The molecule has 2 N–H and O–H groups in total. The minimum atomic E-state index is -4.73. The number of ether oxygens (including phenoxy) is 1. The predicted molar refractivity (Wildman–Crippen MR) is 76.9 cm³/mol. The Kier molecular flexibility index (Phi) is 5.35. The van der Waals surface area contributed by atoms with Crippen LogP contribution in [-0.2, 0) is 0 Å². The molecule has 1 aliphatic rings. The third-order valence-electron chi connectivity index (χ3n) is 3.80. The number of hydrogen-bond donors (Lipinski definition) is 2. The smallest absolute Gasteiger partial charge is 0.406 e. The third kappa shape index (κ3) is 4.75. The van der Waals surface area contributed by atoms with Crippen molar-refractivity contribution < 1.29 is 27.8 Å². The molecule has 0 aliphatic carbocycles. The van der Waals surface area contributed by atoms with Crippen LogP contribution in [0.3, 0.4) is 0 Å². The van der Waals surface area contributed by atoms with E-state index in [0.29, 0.717) is 12.1 Å². The van der Waals surface area contributed by atoms with Gasteiger partial charge in [0.25, 0.3) is 0 Å². The number of halogens is 3. The summed E-state index contributed by atoms with van der Waals surface area (Å²) in [5.74, 6) is -0.306. The van der Waals surface area contributed by atoms with Gasteiger partial charge in [-0.05, 0) is 37.5 Å². The molecule has 0 saturated carbocycles. The molecule has 1 saturated heterocycles. The van der Waals surface area contributed by atoms with Gasteiger partial charge in [-0.3, -0.25) is 0 Å². The highest BCUT2D eigenvalue weighted by Gasteiger charge is 2.31. The number of alkyl halides is 3. The van der Waals surface area contributed by atoms with Gasteiger partial charge in [-0.2, -0.15) is 0 Å². The van der Waals surface area contributed by atoms with Crippen molar-refractivity contribution >= 4 is 6.03 Å². The Bertz CT molecular complexity index is 534. The van der Waals surface area contributed by atoms with E-state index in [0.717, 1.165) is 12.8 Å². The number of carbonyl (C=O) groups is 1. The topological polar surface area (TPSA) is 61.8 Å². The van der Waals surface area contributed by atoms with Gasteiger partial charge >= 0.3 is 12.4 Å². The molecule has 23 heavy (non-hydrogen) atoms. The van der Waals surface area contributed by atoms with Crippen molar-refractivity contribution in [3.05, 3.63) is 29.8 Å². The van der Waals surface area contributed by atoms with Gasteiger partial charge in [0.1, 0.15) is 5.75 Å². The lowest BCUT2D eigenvalue weighted by molar-refractivity contribution is -0.274. The average molecular weight is 332 g/mol. The molecule has 128 valence electrons. The Balaban J connectivity index is 1.95. The largest absolute Gasteiger partial charge is 0.573 e. The Hall–Kier alpha value is -1.96. The molecule has 1 aromatic rings. The quantitative estimate of drug-likeness (QED) is 0.891. The van der Waals surface area contributed by atoms with Gasteiger partial charge in [-0.1, -0.05) is 12.1 Å². The van der Waals surface area contributed by atoms with E-state index in [1.165, 1.54) is 24.3 Å². The van der Waals surface area contributed by atoms with Crippen LogP contribution in [0.4, 0.5) is 18.0 Å². The van der Waals surface area contributed by atoms with Crippen LogP contribution in [0.25, 0.3) is 0 Å². The monoisotopic (exact) mass is 332 g/mol. The molecule has 1 heterocycles. The second-order valence-electron chi connectivity index (χ2n) is 5.46. The lowest BCUT2D eigenvalue weighted by atomic mass is 10.1. The number of amides is 2. The fraction of sp³-hybridized carbons (Fsp3) is 0.533. The normalized spacial score (nSPS) is 19.5. The zero-order chi connectivity index (χ0) is 17.0. The first-order chi connectivity index (χ1) is 10.8. The summed E-state index contributed by atoms with van der Waals surface area (Å²) in [6, 6.07) is 4.52. The molecule has 2 atom stereocenters. The van der Waals surface area contributed by atoms with E-state index in [2.05, 4.69) is 10.1 Å². The highest BCUT2D eigenvalue weighted by Crippen LogP contribution is 2.25. The number of likely N-dealkylation sites (tertiary alicyclic amines) is 1. The minimum absolute atomic E-state index is 0.0781. The first-order valence-electron chi connectivity index (χ1n) is 7.34. The number of aliphatic hydroxyl groups excluding tert-OH is 1. The van der Waals surface area contributed by atoms with Gasteiger partial charge in [0.2, 0.25) is 0 Å². The van der Waals surface area contributed by atoms with Crippen LogP contribution >= 0.6 is 0 Å². The van der Waals surface area contributed by atoms with Gasteiger partial charge in [0, 0.05) is 6.54 Å². The van der Waals surface area contributed by atoms with Crippen molar-refractivity contribution in [2.45, 2.75) is 38.2 Å². The summed E-state index contributed by atoms with van der Waals surface area (Å²) in [4.78, 5) is 13.8. The summed E-state index contributed by atoms with van der Waals surface area (Å²) in [5, 5.41) is 12.0. The number of aliphatic hydroxyl groups is 1. The van der Waals surface area contributed by atoms with Gasteiger partial charge in [-0.25, -0.2) is 4.79 Å². The molecular weight excluding hydrogens is 313 g/mol. The average Bonchev–Trinajstić information content (AvgIpc) is 2.94. The Morgan fingerprint density at radius 3 is 2.65 bits per heavy atom. The molecule has 1 aliphatic heterocycles. The second-order valence-corrected chi connectivity index (χ2v) is 5.46. The van der Waals surface area contributed by atoms with Crippen LogP contribution in [0.1, 0.15) is 31.4 Å². The Morgan fingerprint density at radius 1 is 1.43 bits per heavy atom. The molecule has 1 aromatic carbocycles. The summed E-state index contributed by atoms with van der Waals surface area (Å²) in [6.45, 7) is 2.25. The minimum Gasteiger partial charge on any atom is -0.406 e. The van der Waals surface area contributed by atoms with E-state index in [4.69, 9.17) is 0 Å². The van der Waals surface area contributed by atoms with Crippen LogP contribution in [0.5, 0.6) is 5.75 Å². The number of nitrogens with one attached hydrogen (secondary N) is 1. The van der Waals surface area contributed by atoms with E-state index in [9.17, 15) is 23.1 Å². The van der Waals surface area contributed by atoms with Crippen LogP contribution in [-0.4, -0.2) is 41.6 Å². The number of nitrogens with zero attached hydrogens (tertiary/aromatic N) is 1. The number of carbonyl (C=O) groups excluding carboxylic acids is 1. The molecule has 0 radical (unpaired) electrons.